The molecule has 2 unspecified atom stereocenters. The van der Waals surface area contributed by atoms with Crippen molar-refractivity contribution in [3.8, 4) is 0 Å². The van der Waals surface area contributed by atoms with Gasteiger partial charge in [-0.15, -0.1) is 0 Å². The molecular weight excluding hydrogens is 244 g/mol. The van der Waals surface area contributed by atoms with Crippen molar-refractivity contribution in [1.82, 2.24) is 0 Å². The summed E-state index contributed by atoms with van der Waals surface area (Å²) < 4.78 is 5.49. The zero-order chi connectivity index (χ0) is 10.8. The van der Waals surface area contributed by atoms with Gasteiger partial charge in [0.15, 0.2) is 0 Å². The molecule has 14 heavy (non-hydrogen) atoms. The highest BCUT2D eigenvalue weighted by molar-refractivity contribution is 9.09. The average molecular weight is 267 g/mol. The number of hydrogen-bond acceptors (Lipinski definition) is 2. The van der Waals surface area contributed by atoms with Crippen molar-refractivity contribution in [3.63, 3.8) is 0 Å². The molecule has 0 aliphatic carbocycles. The predicted octanol–water partition coefficient (Wildman–Crippen LogP) is 3.12. The second-order valence-electron chi connectivity index (χ2n) is 3.80. The summed E-state index contributed by atoms with van der Waals surface area (Å²) in [5, 5.41) is 9.84. The summed E-state index contributed by atoms with van der Waals surface area (Å²) in [7, 11) is 0. The Kier molecular flexibility index (Phi) is 10.2. The van der Waals surface area contributed by atoms with Gasteiger partial charge in [-0.2, -0.15) is 0 Å². The van der Waals surface area contributed by atoms with Crippen LogP contribution in [-0.2, 0) is 4.74 Å². The van der Waals surface area contributed by atoms with Gasteiger partial charge in [-0.3, -0.25) is 0 Å². The van der Waals surface area contributed by atoms with Crippen LogP contribution in [-0.4, -0.2) is 29.3 Å². The molecule has 2 nitrogen and oxygen atoms in total. The molecule has 2 atom stereocenters. The lowest BCUT2D eigenvalue weighted by molar-refractivity contribution is 0.00328. The van der Waals surface area contributed by atoms with Gasteiger partial charge >= 0.3 is 0 Å². The molecule has 0 radical (unpaired) electrons. The number of alkyl halides is 1. The normalized spacial score (nSPS) is 15.4. The van der Waals surface area contributed by atoms with E-state index < -0.39 is 0 Å². The van der Waals surface area contributed by atoms with Crippen molar-refractivity contribution in [1.29, 1.82) is 0 Å². The van der Waals surface area contributed by atoms with Crippen LogP contribution in [0.2, 0.25) is 0 Å². The van der Waals surface area contributed by atoms with Crippen LogP contribution in [0.25, 0.3) is 0 Å². The first-order valence-corrected chi connectivity index (χ1v) is 6.68. The molecule has 0 heterocycles. The third-order valence-electron chi connectivity index (χ3n) is 2.22. The predicted molar refractivity (Wildman–Crippen MR) is 64.0 cm³/mol. The van der Waals surface area contributed by atoms with Gasteiger partial charge in [0.2, 0.25) is 0 Å². The summed E-state index contributed by atoms with van der Waals surface area (Å²) in [6.45, 7) is 4.74. The Balaban J connectivity index is 3.23. The van der Waals surface area contributed by atoms with Crippen molar-refractivity contribution in [3.05, 3.63) is 0 Å². The Bertz CT molecular complexity index is 120. The van der Waals surface area contributed by atoms with E-state index in [1.807, 2.05) is 0 Å². The minimum atomic E-state index is -0.368. The lowest BCUT2D eigenvalue weighted by Crippen LogP contribution is -2.20. The standard InChI is InChI=1S/C11H23BrO2/c1-3-4-5-6-7-10(2)14-9-11(13)8-12/h10-11,13H,3-9H2,1-2H3. The Morgan fingerprint density at radius 3 is 2.57 bits per heavy atom. The number of aliphatic hydroxyl groups excluding tert-OH is 1. The molecule has 0 aliphatic heterocycles. The van der Waals surface area contributed by atoms with Gasteiger partial charge in [0, 0.05) is 5.33 Å². The Hall–Kier alpha value is 0.400. The third kappa shape index (κ3) is 8.97. The highest BCUT2D eigenvalue weighted by Gasteiger charge is 2.06. The average Bonchev–Trinajstić information content (AvgIpc) is 2.21. The van der Waals surface area contributed by atoms with E-state index in [1.165, 1.54) is 25.7 Å². The van der Waals surface area contributed by atoms with Crippen molar-refractivity contribution in [2.45, 2.75) is 58.2 Å². The summed E-state index contributed by atoms with van der Waals surface area (Å²) in [6, 6.07) is 0. The van der Waals surface area contributed by atoms with Gasteiger partial charge in [-0.25, -0.2) is 0 Å². The molecule has 0 fully saturated rings. The lowest BCUT2D eigenvalue weighted by atomic mass is 10.1. The molecule has 0 aromatic heterocycles. The fourth-order valence-corrected chi connectivity index (χ4v) is 1.45. The molecule has 0 amide bonds. The molecule has 3 heteroatoms. The topological polar surface area (TPSA) is 29.5 Å². The Labute approximate surface area is 96.2 Å². The fraction of sp³-hybridized carbons (Fsp3) is 1.00. The van der Waals surface area contributed by atoms with Crippen molar-refractivity contribution in [2.24, 2.45) is 0 Å². The number of aliphatic hydroxyl groups is 1. The fourth-order valence-electron chi connectivity index (χ4n) is 1.26. The van der Waals surface area contributed by atoms with Crippen molar-refractivity contribution in [2.75, 3.05) is 11.9 Å². The second kappa shape index (κ2) is 9.94. The Morgan fingerprint density at radius 1 is 1.29 bits per heavy atom. The van der Waals surface area contributed by atoms with E-state index in [-0.39, 0.29) is 12.2 Å². The maximum atomic E-state index is 9.24. The van der Waals surface area contributed by atoms with Gasteiger partial charge in [-0.05, 0) is 13.3 Å². The number of rotatable bonds is 9. The third-order valence-corrected chi connectivity index (χ3v) is 2.96. The highest BCUT2D eigenvalue weighted by atomic mass is 79.9. The van der Waals surface area contributed by atoms with Gasteiger partial charge in [0.1, 0.15) is 0 Å². The van der Waals surface area contributed by atoms with Crippen LogP contribution in [0, 0.1) is 0 Å². The van der Waals surface area contributed by atoms with E-state index >= 15 is 0 Å². The van der Waals surface area contributed by atoms with E-state index in [0.29, 0.717) is 11.9 Å². The van der Waals surface area contributed by atoms with Crippen molar-refractivity contribution >= 4 is 15.9 Å². The Morgan fingerprint density at radius 2 is 2.00 bits per heavy atom. The van der Waals surface area contributed by atoms with Crippen LogP contribution in [0.5, 0.6) is 0 Å². The van der Waals surface area contributed by atoms with Crippen LogP contribution < -0.4 is 0 Å². The van der Waals surface area contributed by atoms with E-state index in [1.54, 1.807) is 0 Å². The van der Waals surface area contributed by atoms with Crippen LogP contribution in [0.4, 0.5) is 0 Å². The number of unbranched alkanes of at least 4 members (excludes halogenated alkanes) is 3. The molecule has 0 saturated heterocycles. The first kappa shape index (κ1) is 14.4. The molecule has 0 saturated carbocycles. The van der Waals surface area contributed by atoms with Gasteiger partial charge in [0.25, 0.3) is 0 Å². The summed E-state index contributed by atoms with van der Waals surface area (Å²) in [6.07, 6.45) is 6.14. The lowest BCUT2D eigenvalue weighted by Gasteiger charge is -2.14. The van der Waals surface area contributed by atoms with E-state index in [2.05, 4.69) is 29.8 Å². The molecule has 0 aliphatic rings. The zero-order valence-corrected chi connectivity index (χ0v) is 10.9. The highest BCUT2D eigenvalue weighted by Crippen LogP contribution is 2.08. The molecule has 0 spiro atoms. The minimum absolute atomic E-state index is 0.278. The van der Waals surface area contributed by atoms with Crippen LogP contribution in [0.15, 0.2) is 0 Å². The summed E-state index contributed by atoms with van der Waals surface area (Å²) in [4.78, 5) is 0. The van der Waals surface area contributed by atoms with Crippen LogP contribution in [0.1, 0.15) is 46.0 Å². The van der Waals surface area contributed by atoms with Gasteiger partial charge in [0.05, 0.1) is 18.8 Å². The summed E-state index contributed by atoms with van der Waals surface area (Å²) >= 11 is 3.21. The maximum absolute atomic E-state index is 9.24. The molecule has 86 valence electrons. The van der Waals surface area contributed by atoms with Crippen molar-refractivity contribution < 1.29 is 9.84 Å². The SMILES string of the molecule is CCCCCCC(C)OCC(O)CBr. The first-order chi connectivity index (χ1) is 6.70. The molecule has 0 aromatic carbocycles. The van der Waals surface area contributed by atoms with Crippen LogP contribution >= 0.6 is 15.9 Å². The molecule has 0 bridgehead atoms. The second-order valence-corrected chi connectivity index (χ2v) is 4.45. The van der Waals surface area contributed by atoms with E-state index in [4.69, 9.17) is 4.74 Å². The maximum Gasteiger partial charge on any atom is 0.0870 e. The van der Waals surface area contributed by atoms with Gasteiger partial charge in [-0.1, -0.05) is 48.5 Å². The molecule has 0 aromatic rings. The molecule has 0 rings (SSSR count). The number of ether oxygens (including phenoxy) is 1. The monoisotopic (exact) mass is 266 g/mol. The minimum Gasteiger partial charge on any atom is -0.390 e. The largest absolute Gasteiger partial charge is 0.390 e. The molecular formula is C11H23BrO2. The van der Waals surface area contributed by atoms with Crippen LogP contribution in [0.3, 0.4) is 0 Å². The first-order valence-electron chi connectivity index (χ1n) is 5.56. The van der Waals surface area contributed by atoms with E-state index in [9.17, 15) is 5.11 Å². The summed E-state index contributed by atoms with van der Waals surface area (Å²) in [5.41, 5.74) is 0. The molecule has 1 N–H and O–H groups in total. The van der Waals surface area contributed by atoms with Gasteiger partial charge < -0.3 is 9.84 Å². The zero-order valence-electron chi connectivity index (χ0n) is 9.34. The number of hydrogen-bond donors (Lipinski definition) is 1. The number of halogens is 1. The van der Waals surface area contributed by atoms with E-state index in [0.717, 1.165) is 6.42 Å². The summed E-state index contributed by atoms with van der Waals surface area (Å²) in [5.74, 6) is 0. The smallest absolute Gasteiger partial charge is 0.0870 e. The quantitative estimate of drug-likeness (QED) is 0.513.